The van der Waals surface area contributed by atoms with E-state index in [2.05, 4.69) is 41.2 Å². The van der Waals surface area contributed by atoms with Crippen LogP contribution in [-0.2, 0) is 23.9 Å². The molecule has 0 amide bonds. The number of aliphatic hydroxyl groups is 2. The van der Waals surface area contributed by atoms with E-state index >= 15 is 0 Å². The van der Waals surface area contributed by atoms with Gasteiger partial charge in [0.1, 0.15) is 25.3 Å². The number of hydrogen-bond acceptors (Lipinski definition) is 7. The molecule has 1 aliphatic heterocycles. The Morgan fingerprint density at radius 2 is 1.83 bits per heavy atom. The Labute approximate surface area is 250 Å². The van der Waals surface area contributed by atoms with Crippen LogP contribution in [0.3, 0.4) is 0 Å². The van der Waals surface area contributed by atoms with Crippen molar-refractivity contribution in [1.82, 2.24) is 0 Å². The third-order valence-electron chi connectivity index (χ3n) is 12.6. The summed E-state index contributed by atoms with van der Waals surface area (Å²) in [5, 5.41) is 21.2. The molecule has 5 rings (SSSR count). The van der Waals surface area contributed by atoms with Crippen molar-refractivity contribution in [2.24, 2.45) is 45.3 Å². The highest BCUT2D eigenvalue weighted by Gasteiger charge is 2.60. The molecule has 0 spiro atoms. The van der Waals surface area contributed by atoms with Gasteiger partial charge in [0.25, 0.3) is 0 Å². The lowest BCUT2D eigenvalue weighted by Crippen LogP contribution is -2.60. The number of carbonyl (C=O) groups is 3. The highest BCUT2D eigenvalue weighted by molar-refractivity contribution is 5.91. The van der Waals surface area contributed by atoms with Gasteiger partial charge in [-0.15, -0.1) is 0 Å². The summed E-state index contributed by atoms with van der Waals surface area (Å²) in [4.78, 5) is 36.4. The van der Waals surface area contributed by atoms with E-state index in [4.69, 9.17) is 9.47 Å². The molecule has 2 N–H and O–H groups in total. The monoisotopic (exact) mass is 582 g/mol. The topological polar surface area (TPSA) is 110 Å². The molecule has 42 heavy (non-hydrogen) atoms. The highest BCUT2D eigenvalue weighted by Crippen LogP contribution is 2.64. The van der Waals surface area contributed by atoms with E-state index in [0.717, 1.165) is 56.7 Å². The molecule has 232 valence electrons. The summed E-state index contributed by atoms with van der Waals surface area (Å²) in [5.41, 5.74) is 1.03. The predicted molar refractivity (Wildman–Crippen MR) is 159 cm³/mol. The van der Waals surface area contributed by atoms with Crippen LogP contribution < -0.4 is 0 Å². The molecule has 5 aliphatic rings. The van der Waals surface area contributed by atoms with Gasteiger partial charge in [0.15, 0.2) is 0 Å². The lowest BCUT2D eigenvalue weighted by atomic mass is 9.46. The summed E-state index contributed by atoms with van der Waals surface area (Å²) in [6.45, 7) is 15.6. The fraction of sp³-hybridized carbons (Fsp3) is 0.743. The van der Waals surface area contributed by atoms with Crippen LogP contribution in [0.2, 0.25) is 0 Å². The van der Waals surface area contributed by atoms with Gasteiger partial charge in [-0.1, -0.05) is 58.9 Å². The zero-order valence-electron chi connectivity index (χ0n) is 26.1. The van der Waals surface area contributed by atoms with E-state index in [0.29, 0.717) is 24.0 Å². The number of rotatable bonds is 7. The minimum atomic E-state index is -0.882. The van der Waals surface area contributed by atoms with Gasteiger partial charge in [0, 0.05) is 11.3 Å². The number of cyclic esters (lactones) is 1. The highest BCUT2D eigenvalue weighted by atomic mass is 16.6. The first-order valence-electron chi connectivity index (χ1n) is 15.8. The Kier molecular flexibility index (Phi) is 8.30. The molecule has 0 aromatic carbocycles. The van der Waals surface area contributed by atoms with Crippen LogP contribution in [0.1, 0.15) is 86.0 Å². The van der Waals surface area contributed by atoms with Gasteiger partial charge < -0.3 is 24.5 Å². The largest absolute Gasteiger partial charge is 0.459 e. The van der Waals surface area contributed by atoms with Gasteiger partial charge in [-0.05, 0) is 90.9 Å². The first-order chi connectivity index (χ1) is 19.7. The molecule has 3 saturated carbocycles. The Morgan fingerprint density at radius 3 is 2.45 bits per heavy atom. The third kappa shape index (κ3) is 4.88. The molecule has 1 heterocycles. The summed E-state index contributed by atoms with van der Waals surface area (Å²) in [7, 11) is 0. The molecular formula is C35H50O7. The van der Waals surface area contributed by atoms with Gasteiger partial charge in [-0.25, -0.2) is 4.79 Å². The Balaban J connectivity index is 1.39. The van der Waals surface area contributed by atoms with Crippen LogP contribution in [-0.4, -0.2) is 60.3 Å². The summed E-state index contributed by atoms with van der Waals surface area (Å²) >= 11 is 0. The minimum absolute atomic E-state index is 0.00818. The van der Waals surface area contributed by atoms with Gasteiger partial charge in [0.2, 0.25) is 0 Å². The second-order valence-corrected chi connectivity index (χ2v) is 15.4. The minimum Gasteiger partial charge on any atom is -0.459 e. The van der Waals surface area contributed by atoms with Crippen LogP contribution in [0.4, 0.5) is 0 Å². The predicted octanol–water partition coefficient (Wildman–Crippen LogP) is 5.14. The first kappa shape index (κ1) is 31.3. The first-order valence-corrected chi connectivity index (χ1v) is 15.8. The molecular weight excluding hydrogens is 532 g/mol. The van der Waals surface area contributed by atoms with E-state index in [1.165, 1.54) is 0 Å². The van der Waals surface area contributed by atoms with Gasteiger partial charge in [-0.2, -0.15) is 0 Å². The molecule has 7 nitrogen and oxygen atoms in total. The Morgan fingerprint density at radius 1 is 1.10 bits per heavy atom. The lowest BCUT2D eigenvalue weighted by Gasteiger charge is -2.62. The maximum absolute atomic E-state index is 12.3. The summed E-state index contributed by atoms with van der Waals surface area (Å²) in [6.07, 6.45) is 11.0. The Bertz CT molecular complexity index is 1180. The maximum atomic E-state index is 12.3. The standard InChI is InChI=1S/C35H50O7/c1-21-7-11-29-33(4,25(21)10-9-24-27(39)19-41-31(24)40)14-13-30(35(29,6)20-38)42-23-15-32(2,3)28-12-8-22(17-36)26(18-37)34(28,5)16-23/h8-9,17-18,23,25-30,38-39H,1,7,10-16,19-20H2,2-6H3/b24-9+/t23?,25-,26+,27-,28+,29+,30-,33+,34-,35+/m1/s1. The van der Waals surface area contributed by atoms with Crippen molar-refractivity contribution in [3.05, 3.63) is 35.5 Å². The van der Waals surface area contributed by atoms with Crippen LogP contribution >= 0.6 is 0 Å². The number of hydrogen-bond donors (Lipinski definition) is 2. The second kappa shape index (κ2) is 11.1. The van der Waals surface area contributed by atoms with Crippen molar-refractivity contribution >= 4 is 18.5 Å². The molecule has 4 aliphatic carbocycles. The Hall–Kier alpha value is -2.09. The molecule has 0 aromatic rings. The van der Waals surface area contributed by atoms with Crippen LogP contribution in [0.25, 0.3) is 0 Å². The fourth-order valence-electron chi connectivity index (χ4n) is 10.5. The van der Waals surface area contributed by atoms with E-state index in [1.54, 1.807) is 0 Å². The maximum Gasteiger partial charge on any atom is 0.336 e. The SMILES string of the molecule is C=C1CC[C@@H]2[C@](C)(CO)[C@H](OC3CC(C)(C)[C@@H]4CC=C(C=O)[C@H](C=O)[C@@]4(C)C3)CC[C@@]2(C)[C@@H]1C/C=C1/C(=O)OC[C@H]1O. The molecule has 1 unspecified atom stereocenters. The quantitative estimate of drug-likeness (QED) is 0.185. The number of carbonyl (C=O) groups excluding carboxylic acids is 3. The van der Waals surface area contributed by atoms with Crippen LogP contribution in [0, 0.1) is 45.3 Å². The van der Waals surface area contributed by atoms with E-state index in [9.17, 15) is 24.6 Å². The zero-order valence-corrected chi connectivity index (χ0v) is 26.1. The number of ether oxygens (including phenoxy) is 2. The molecule has 0 bridgehead atoms. The number of fused-ring (bicyclic) bond motifs is 2. The average Bonchev–Trinajstić information content (AvgIpc) is 3.25. The second-order valence-electron chi connectivity index (χ2n) is 15.4. The van der Waals surface area contributed by atoms with Crippen LogP contribution in [0.5, 0.6) is 0 Å². The van der Waals surface area contributed by atoms with Crippen molar-refractivity contribution in [2.45, 2.75) is 104 Å². The third-order valence-corrected chi connectivity index (χ3v) is 12.6. The number of esters is 1. The molecule has 4 fully saturated rings. The molecule has 10 atom stereocenters. The van der Waals surface area contributed by atoms with E-state index in [1.807, 2.05) is 12.2 Å². The van der Waals surface area contributed by atoms with E-state index in [-0.39, 0.29) is 59.4 Å². The van der Waals surface area contributed by atoms with Crippen molar-refractivity contribution < 1.29 is 34.1 Å². The summed E-state index contributed by atoms with van der Waals surface area (Å²) < 4.78 is 12.1. The smallest absolute Gasteiger partial charge is 0.336 e. The molecule has 0 radical (unpaired) electrons. The number of aliphatic hydroxyl groups excluding tert-OH is 2. The normalized spacial score (nSPS) is 45.9. The van der Waals surface area contributed by atoms with E-state index < -0.39 is 23.4 Å². The van der Waals surface area contributed by atoms with Crippen LogP contribution in [0.15, 0.2) is 35.5 Å². The van der Waals surface area contributed by atoms with Crippen molar-refractivity contribution in [3.8, 4) is 0 Å². The zero-order chi connectivity index (χ0) is 30.7. The van der Waals surface area contributed by atoms with Crippen molar-refractivity contribution in [2.75, 3.05) is 13.2 Å². The van der Waals surface area contributed by atoms with Crippen molar-refractivity contribution in [1.29, 1.82) is 0 Å². The van der Waals surface area contributed by atoms with Gasteiger partial charge in [0.05, 0.1) is 24.4 Å². The van der Waals surface area contributed by atoms with Gasteiger partial charge >= 0.3 is 5.97 Å². The fourth-order valence-corrected chi connectivity index (χ4v) is 10.5. The molecule has 7 heteroatoms. The summed E-state index contributed by atoms with van der Waals surface area (Å²) in [5.74, 6) is -0.302. The van der Waals surface area contributed by atoms with Gasteiger partial charge in [-0.3, -0.25) is 4.79 Å². The average molecular weight is 583 g/mol. The van der Waals surface area contributed by atoms with Crippen molar-refractivity contribution in [3.63, 3.8) is 0 Å². The summed E-state index contributed by atoms with van der Waals surface area (Å²) in [6, 6.07) is 0. The molecule has 0 aromatic heterocycles. The number of aldehydes is 2. The lowest BCUT2D eigenvalue weighted by molar-refractivity contribution is -0.211. The molecule has 1 saturated heterocycles. The number of allylic oxidation sites excluding steroid dienone is 4.